The van der Waals surface area contributed by atoms with E-state index in [4.69, 9.17) is 4.52 Å². The molecule has 1 aromatic carbocycles. The maximum Gasteiger partial charge on any atom is 0.270 e. The third-order valence-corrected chi connectivity index (χ3v) is 5.80. The van der Waals surface area contributed by atoms with E-state index in [-0.39, 0.29) is 5.91 Å². The van der Waals surface area contributed by atoms with Crippen LogP contribution < -0.4 is 5.32 Å². The predicted octanol–water partition coefficient (Wildman–Crippen LogP) is 5.40. The number of hydrogen-bond donors (Lipinski definition) is 1. The van der Waals surface area contributed by atoms with Crippen LogP contribution in [0.3, 0.4) is 0 Å². The van der Waals surface area contributed by atoms with Crippen molar-refractivity contribution in [3.05, 3.63) is 63.2 Å². The van der Waals surface area contributed by atoms with Gasteiger partial charge in [-0.05, 0) is 48.4 Å². The summed E-state index contributed by atoms with van der Waals surface area (Å²) in [6.45, 7) is 3.94. The van der Waals surface area contributed by atoms with Gasteiger partial charge in [0, 0.05) is 5.56 Å². The van der Waals surface area contributed by atoms with Gasteiger partial charge < -0.3 is 9.84 Å². The van der Waals surface area contributed by atoms with Crippen molar-refractivity contribution in [2.24, 2.45) is 0 Å². The lowest BCUT2D eigenvalue weighted by atomic mass is 10.1. The first-order valence-electron chi connectivity index (χ1n) is 7.96. The van der Waals surface area contributed by atoms with E-state index in [1.807, 2.05) is 61.0 Å². The van der Waals surface area contributed by atoms with Crippen molar-refractivity contribution >= 4 is 34.3 Å². The van der Waals surface area contributed by atoms with E-state index in [2.05, 4.69) is 15.5 Å². The summed E-state index contributed by atoms with van der Waals surface area (Å²) in [6, 6.07) is 11.7. The second kappa shape index (κ2) is 6.86. The van der Waals surface area contributed by atoms with E-state index in [9.17, 15) is 4.79 Å². The summed E-state index contributed by atoms with van der Waals surface area (Å²) in [4.78, 5) is 18.4. The van der Waals surface area contributed by atoms with Crippen LogP contribution in [0.4, 0.5) is 5.69 Å². The van der Waals surface area contributed by atoms with E-state index in [0.717, 1.165) is 21.6 Å². The van der Waals surface area contributed by atoms with Crippen molar-refractivity contribution in [2.45, 2.75) is 13.8 Å². The molecule has 5 nitrogen and oxygen atoms in total. The van der Waals surface area contributed by atoms with Gasteiger partial charge in [-0.3, -0.25) is 4.79 Å². The molecule has 0 aliphatic carbocycles. The molecule has 0 radical (unpaired) electrons. The first-order valence-corrected chi connectivity index (χ1v) is 9.72. The molecule has 4 aromatic rings. The Morgan fingerprint density at radius 1 is 1.12 bits per heavy atom. The molecule has 0 bridgehead atoms. The monoisotopic (exact) mass is 381 g/mol. The van der Waals surface area contributed by atoms with Gasteiger partial charge in [0.15, 0.2) is 0 Å². The molecule has 0 aliphatic rings. The van der Waals surface area contributed by atoms with Crippen LogP contribution in [0, 0.1) is 13.8 Å². The summed E-state index contributed by atoms with van der Waals surface area (Å²) >= 11 is 2.87. The summed E-state index contributed by atoms with van der Waals surface area (Å²) in [5, 5.41) is 10.8. The number of rotatable bonds is 4. The number of nitrogens with one attached hydrogen (secondary N) is 1. The molecule has 1 amide bonds. The van der Waals surface area contributed by atoms with Crippen molar-refractivity contribution < 1.29 is 9.32 Å². The lowest BCUT2D eigenvalue weighted by Gasteiger charge is -2.03. The van der Waals surface area contributed by atoms with Crippen LogP contribution in [0.1, 0.15) is 20.8 Å². The van der Waals surface area contributed by atoms with Gasteiger partial charge in [-0.2, -0.15) is 4.98 Å². The summed E-state index contributed by atoms with van der Waals surface area (Å²) in [5.74, 6) is 0.800. The number of nitrogens with zero attached hydrogens (tertiary/aromatic N) is 2. The SMILES string of the molecule is Cc1cccc(-c2noc(-c3sccc3NC(=O)c3sccc3C)n2)c1. The zero-order chi connectivity index (χ0) is 18.1. The average Bonchev–Trinajstić information content (AvgIpc) is 3.34. The number of hydrogen-bond acceptors (Lipinski definition) is 6. The fourth-order valence-electron chi connectivity index (χ4n) is 2.57. The molecule has 1 N–H and O–H groups in total. The Morgan fingerprint density at radius 3 is 2.73 bits per heavy atom. The average molecular weight is 381 g/mol. The Bertz CT molecular complexity index is 1080. The van der Waals surface area contributed by atoms with Crippen LogP contribution in [0.5, 0.6) is 0 Å². The predicted molar refractivity (Wildman–Crippen MR) is 105 cm³/mol. The molecule has 7 heteroatoms. The molecule has 0 atom stereocenters. The first kappa shape index (κ1) is 16.7. The second-order valence-electron chi connectivity index (χ2n) is 5.84. The smallest absolute Gasteiger partial charge is 0.270 e. The van der Waals surface area contributed by atoms with Crippen LogP contribution in [-0.2, 0) is 0 Å². The maximum absolute atomic E-state index is 12.5. The van der Waals surface area contributed by atoms with Crippen molar-refractivity contribution in [3.63, 3.8) is 0 Å². The van der Waals surface area contributed by atoms with E-state index in [1.165, 1.54) is 22.7 Å². The van der Waals surface area contributed by atoms with Gasteiger partial charge in [0.25, 0.3) is 11.8 Å². The van der Waals surface area contributed by atoms with Crippen molar-refractivity contribution in [1.82, 2.24) is 10.1 Å². The van der Waals surface area contributed by atoms with Crippen LogP contribution >= 0.6 is 22.7 Å². The highest BCUT2D eigenvalue weighted by Crippen LogP contribution is 2.34. The molecule has 0 saturated heterocycles. The topological polar surface area (TPSA) is 68.0 Å². The van der Waals surface area contributed by atoms with Crippen molar-refractivity contribution in [2.75, 3.05) is 5.32 Å². The van der Waals surface area contributed by atoms with E-state index in [1.54, 1.807) is 0 Å². The number of carbonyl (C=O) groups excluding carboxylic acids is 1. The first-order chi connectivity index (χ1) is 12.6. The van der Waals surface area contributed by atoms with Crippen LogP contribution in [0.25, 0.3) is 22.2 Å². The third kappa shape index (κ3) is 3.18. The fourth-order valence-corrected chi connectivity index (χ4v) is 4.17. The fraction of sp³-hybridized carbons (Fsp3) is 0.105. The normalized spacial score (nSPS) is 10.8. The summed E-state index contributed by atoms with van der Waals surface area (Å²) in [7, 11) is 0. The molecule has 0 saturated carbocycles. The molecule has 0 fully saturated rings. The van der Waals surface area contributed by atoms with Gasteiger partial charge >= 0.3 is 0 Å². The number of benzene rings is 1. The Labute approximate surface area is 158 Å². The summed E-state index contributed by atoms with van der Waals surface area (Å²) in [6.07, 6.45) is 0. The second-order valence-corrected chi connectivity index (χ2v) is 7.68. The highest BCUT2D eigenvalue weighted by Gasteiger charge is 2.19. The Kier molecular flexibility index (Phi) is 4.40. The number of aromatic nitrogens is 2. The van der Waals surface area contributed by atoms with Crippen LogP contribution in [-0.4, -0.2) is 16.0 Å². The largest absolute Gasteiger partial charge is 0.333 e. The van der Waals surface area contributed by atoms with Gasteiger partial charge in [0.2, 0.25) is 5.82 Å². The molecule has 0 spiro atoms. The van der Waals surface area contributed by atoms with Gasteiger partial charge in [-0.25, -0.2) is 0 Å². The minimum absolute atomic E-state index is 0.129. The lowest BCUT2D eigenvalue weighted by molar-refractivity contribution is 0.103. The quantitative estimate of drug-likeness (QED) is 0.514. The Balaban J connectivity index is 1.61. The molecule has 0 aliphatic heterocycles. The molecule has 26 heavy (non-hydrogen) atoms. The molecule has 0 unspecified atom stereocenters. The van der Waals surface area contributed by atoms with Gasteiger partial charge in [-0.15, -0.1) is 22.7 Å². The maximum atomic E-state index is 12.5. The Hall–Kier alpha value is -2.77. The Morgan fingerprint density at radius 2 is 1.96 bits per heavy atom. The van der Waals surface area contributed by atoms with Crippen molar-refractivity contribution in [3.8, 4) is 22.2 Å². The summed E-state index contributed by atoms with van der Waals surface area (Å²) in [5.41, 5.74) is 3.66. The number of aryl methyl sites for hydroxylation is 2. The molecule has 3 heterocycles. The highest BCUT2D eigenvalue weighted by atomic mass is 32.1. The number of carbonyl (C=O) groups is 1. The summed E-state index contributed by atoms with van der Waals surface area (Å²) < 4.78 is 5.44. The van der Waals surface area contributed by atoms with Crippen LogP contribution in [0.15, 0.2) is 51.7 Å². The van der Waals surface area contributed by atoms with E-state index >= 15 is 0 Å². The van der Waals surface area contributed by atoms with Gasteiger partial charge in [0.1, 0.15) is 4.88 Å². The zero-order valence-corrected chi connectivity index (χ0v) is 15.8. The lowest BCUT2D eigenvalue weighted by Crippen LogP contribution is -2.11. The van der Waals surface area contributed by atoms with E-state index < -0.39 is 0 Å². The minimum atomic E-state index is -0.129. The number of thiophene rings is 2. The van der Waals surface area contributed by atoms with Gasteiger partial charge in [-0.1, -0.05) is 28.9 Å². The van der Waals surface area contributed by atoms with Gasteiger partial charge in [0.05, 0.1) is 10.6 Å². The molecule has 130 valence electrons. The zero-order valence-electron chi connectivity index (χ0n) is 14.1. The number of anilines is 1. The third-order valence-electron chi connectivity index (χ3n) is 3.88. The molecule has 4 rings (SSSR count). The molecule has 3 aromatic heterocycles. The minimum Gasteiger partial charge on any atom is -0.333 e. The van der Waals surface area contributed by atoms with Crippen LogP contribution in [0.2, 0.25) is 0 Å². The molecular formula is C19H15N3O2S2. The standard InChI is InChI=1S/C19H15N3O2S2/c1-11-4-3-5-13(10-11)17-21-19(24-22-17)16-14(7-9-26-16)20-18(23)15-12(2)6-8-25-15/h3-10H,1-2H3,(H,20,23). The van der Waals surface area contributed by atoms with E-state index in [0.29, 0.717) is 22.3 Å². The molecular weight excluding hydrogens is 366 g/mol. The highest BCUT2D eigenvalue weighted by molar-refractivity contribution is 7.14. The number of amides is 1. The van der Waals surface area contributed by atoms with Crippen molar-refractivity contribution in [1.29, 1.82) is 0 Å².